The van der Waals surface area contributed by atoms with Crippen molar-refractivity contribution in [3.05, 3.63) is 0 Å². The van der Waals surface area contributed by atoms with E-state index in [-0.39, 0.29) is 0 Å². The Hall–Kier alpha value is -0.950. The third-order valence-corrected chi connectivity index (χ3v) is 3.72. The van der Waals surface area contributed by atoms with Gasteiger partial charge in [-0.15, -0.1) is 0 Å². The van der Waals surface area contributed by atoms with Gasteiger partial charge in [0.1, 0.15) is 6.04 Å². The first-order valence-corrected chi connectivity index (χ1v) is 7.86. The Labute approximate surface area is 117 Å². The summed E-state index contributed by atoms with van der Waals surface area (Å²) < 4.78 is 5.25. The molecule has 110 valence electrons. The number of aliphatic carboxylic acids is 1. The third-order valence-electron chi connectivity index (χ3n) is 3.08. The largest absolute Gasteiger partial charge is 0.480 e. The van der Waals surface area contributed by atoms with Gasteiger partial charge in [-0.3, -0.25) is 0 Å². The van der Waals surface area contributed by atoms with Crippen LogP contribution in [0.2, 0.25) is 0 Å². The highest BCUT2D eigenvalue weighted by Crippen LogP contribution is 2.15. The maximum Gasteiger partial charge on any atom is 0.326 e. The number of ether oxygens (including phenoxy) is 1. The van der Waals surface area contributed by atoms with Crippen molar-refractivity contribution in [1.82, 2.24) is 10.6 Å². The number of carbonyl (C=O) groups is 2. The lowest BCUT2D eigenvalue weighted by molar-refractivity contribution is -0.139. The third kappa shape index (κ3) is 6.68. The number of carbonyl (C=O) groups excluding carboxylic acids is 1. The number of thioether (sulfide) groups is 1. The molecule has 0 aliphatic carbocycles. The number of nitrogens with one attached hydrogen (secondary N) is 2. The highest BCUT2D eigenvalue weighted by molar-refractivity contribution is 7.98. The Bertz CT molecular complexity index is 295. The van der Waals surface area contributed by atoms with Gasteiger partial charge < -0.3 is 20.5 Å². The van der Waals surface area contributed by atoms with Crippen LogP contribution in [0.3, 0.4) is 0 Å². The molecule has 2 amide bonds. The van der Waals surface area contributed by atoms with Gasteiger partial charge >= 0.3 is 12.0 Å². The normalized spacial score (nSPS) is 19.9. The van der Waals surface area contributed by atoms with Crippen LogP contribution in [-0.2, 0) is 9.53 Å². The molecule has 0 aromatic heterocycles. The van der Waals surface area contributed by atoms with Crippen molar-refractivity contribution in [1.29, 1.82) is 0 Å². The lowest BCUT2D eigenvalue weighted by Gasteiger charge is -2.15. The van der Waals surface area contributed by atoms with E-state index >= 15 is 0 Å². The van der Waals surface area contributed by atoms with Gasteiger partial charge in [0.15, 0.2) is 0 Å². The van der Waals surface area contributed by atoms with Gasteiger partial charge in [-0.25, -0.2) is 9.59 Å². The first-order valence-electron chi connectivity index (χ1n) is 6.47. The van der Waals surface area contributed by atoms with Crippen molar-refractivity contribution in [2.45, 2.75) is 25.3 Å². The predicted molar refractivity (Wildman–Crippen MR) is 74.5 cm³/mol. The van der Waals surface area contributed by atoms with Gasteiger partial charge in [0.05, 0.1) is 0 Å². The predicted octanol–water partition coefficient (Wildman–Crippen LogP) is 0.919. The molecule has 0 bridgehead atoms. The summed E-state index contributed by atoms with van der Waals surface area (Å²) in [5.41, 5.74) is 0. The summed E-state index contributed by atoms with van der Waals surface area (Å²) in [5, 5.41) is 14.2. The Morgan fingerprint density at radius 3 is 2.89 bits per heavy atom. The van der Waals surface area contributed by atoms with E-state index in [0.29, 0.717) is 24.6 Å². The van der Waals surface area contributed by atoms with Crippen LogP contribution in [0.15, 0.2) is 0 Å². The second-order valence-electron chi connectivity index (χ2n) is 4.59. The van der Waals surface area contributed by atoms with Crippen molar-refractivity contribution >= 4 is 23.8 Å². The standard InChI is InChI=1S/C12H22N2O4S/c1-19-7-4-10(11(15)16)14-12(17)13-5-2-9-3-6-18-8-9/h9-10H,2-8H2,1H3,(H,15,16)(H2,13,14,17). The smallest absolute Gasteiger partial charge is 0.326 e. The van der Waals surface area contributed by atoms with Gasteiger partial charge in [-0.1, -0.05) is 0 Å². The zero-order chi connectivity index (χ0) is 14.1. The number of hydrogen-bond acceptors (Lipinski definition) is 4. The van der Waals surface area contributed by atoms with E-state index in [4.69, 9.17) is 9.84 Å². The first kappa shape index (κ1) is 16.1. The average Bonchev–Trinajstić information content (AvgIpc) is 2.87. The summed E-state index contributed by atoms with van der Waals surface area (Å²) in [4.78, 5) is 22.5. The lowest BCUT2D eigenvalue weighted by Crippen LogP contribution is -2.46. The average molecular weight is 290 g/mol. The van der Waals surface area contributed by atoms with E-state index in [1.165, 1.54) is 0 Å². The lowest BCUT2D eigenvalue weighted by atomic mass is 10.1. The molecule has 1 saturated heterocycles. The zero-order valence-corrected chi connectivity index (χ0v) is 12.0. The van der Waals surface area contributed by atoms with Gasteiger partial charge in [0, 0.05) is 19.8 Å². The van der Waals surface area contributed by atoms with Crippen LogP contribution in [0.1, 0.15) is 19.3 Å². The first-order chi connectivity index (χ1) is 9.13. The molecule has 0 aromatic carbocycles. The van der Waals surface area contributed by atoms with Gasteiger partial charge in [-0.2, -0.15) is 11.8 Å². The molecule has 2 unspecified atom stereocenters. The molecule has 1 rings (SSSR count). The SMILES string of the molecule is CSCCC(NC(=O)NCCC1CCOC1)C(=O)O. The maximum atomic E-state index is 11.6. The number of rotatable bonds is 8. The Balaban J connectivity index is 2.17. The van der Waals surface area contributed by atoms with E-state index in [9.17, 15) is 9.59 Å². The molecule has 2 atom stereocenters. The zero-order valence-electron chi connectivity index (χ0n) is 11.2. The van der Waals surface area contributed by atoms with Gasteiger partial charge in [0.25, 0.3) is 0 Å². The van der Waals surface area contributed by atoms with Crippen molar-refractivity contribution in [2.75, 3.05) is 31.8 Å². The topological polar surface area (TPSA) is 87.7 Å². The Morgan fingerprint density at radius 2 is 2.32 bits per heavy atom. The van der Waals surface area contributed by atoms with Crippen molar-refractivity contribution in [3.63, 3.8) is 0 Å². The van der Waals surface area contributed by atoms with E-state index in [1.54, 1.807) is 11.8 Å². The van der Waals surface area contributed by atoms with Crippen molar-refractivity contribution in [2.24, 2.45) is 5.92 Å². The molecule has 1 aliphatic heterocycles. The van der Waals surface area contributed by atoms with Crippen LogP contribution < -0.4 is 10.6 Å². The molecular formula is C12H22N2O4S. The molecule has 6 nitrogen and oxygen atoms in total. The summed E-state index contributed by atoms with van der Waals surface area (Å²) in [7, 11) is 0. The number of carboxylic acids is 1. The van der Waals surface area contributed by atoms with E-state index in [1.807, 2.05) is 6.26 Å². The van der Waals surface area contributed by atoms with Crippen molar-refractivity contribution < 1.29 is 19.4 Å². The van der Waals surface area contributed by atoms with E-state index in [2.05, 4.69) is 10.6 Å². The maximum absolute atomic E-state index is 11.6. The summed E-state index contributed by atoms with van der Waals surface area (Å²) in [6, 6.07) is -1.23. The number of hydrogen-bond donors (Lipinski definition) is 3. The molecule has 0 radical (unpaired) electrons. The summed E-state index contributed by atoms with van der Waals surface area (Å²) >= 11 is 1.56. The summed E-state index contributed by atoms with van der Waals surface area (Å²) in [6.07, 6.45) is 4.24. The van der Waals surface area contributed by atoms with Crippen LogP contribution in [0, 0.1) is 5.92 Å². The highest BCUT2D eigenvalue weighted by atomic mass is 32.2. The minimum absolute atomic E-state index is 0.410. The minimum Gasteiger partial charge on any atom is -0.480 e. The summed E-state index contributed by atoms with van der Waals surface area (Å²) in [6.45, 7) is 2.11. The number of urea groups is 1. The second kappa shape index (κ2) is 9.03. The monoisotopic (exact) mass is 290 g/mol. The van der Waals surface area contributed by atoms with Crippen LogP contribution >= 0.6 is 11.8 Å². The number of amides is 2. The molecule has 1 fully saturated rings. The Morgan fingerprint density at radius 1 is 1.53 bits per heavy atom. The van der Waals surface area contributed by atoms with Crippen LogP contribution in [-0.4, -0.2) is 54.9 Å². The van der Waals surface area contributed by atoms with Gasteiger partial charge in [0.2, 0.25) is 0 Å². The van der Waals surface area contributed by atoms with Crippen molar-refractivity contribution in [3.8, 4) is 0 Å². The molecule has 1 aliphatic rings. The van der Waals surface area contributed by atoms with Gasteiger partial charge in [-0.05, 0) is 37.2 Å². The highest BCUT2D eigenvalue weighted by Gasteiger charge is 2.20. The van der Waals surface area contributed by atoms with E-state index in [0.717, 1.165) is 26.1 Å². The fourth-order valence-electron chi connectivity index (χ4n) is 1.90. The Kier molecular flexibility index (Phi) is 7.66. The molecule has 0 spiro atoms. The van der Waals surface area contributed by atoms with Crippen LogP contribution in [0.25, 0.3) is 0 Å². The fraction of sp³-hybridized carbons (Fsp3) is 0.833. The van der Waals surface area contributed by atoms with Crippen LogP contribution in [0.4, 0.5) is 4.79 Å². The second-order valence-corrected chi connectivity index (χ2v) is 5.58. The molecular weight excluding hydrogens is 268 g/mol. The quantitative estimate of drug-likeness (QED) is 0.618. The fourth-order valence-corrected chi connectivity index (χ4v) is 2.37. The minimum atomic E-state index is -0.992. The molecule has 7 heteroatoms. The molecule has 19 heavy (non-hydrogen) atoms. The molecule has 0 saturated carbocycles. The molecule has 3 N–H and O–H groups in total. The molecule has 0 aromatic rings. The van der Waals surface area contributed by atoms with E-state index < -0.39 is 18.0 Å². The molecule has 1 heterocycles. The number of carboxylic acid groups (broad SMARTS) is 1. The van der Waals surface area contributed by atoms with Crippen LogP contribution in [0.5, 0.6) is 0 Å². The summed E-state index contributed by atoms with van der Waals surface area (Å²) in [5.74, 6) is 0.219.